The zero-order valence-corrected chi connectivity index (χ0v) is 20.6. The van der Waals surface area contributed by atoms with E-state index in [1.165, 1.54) is 27.8 Å². The van der Waals surface area contributed by atoms with Crippen molar-refractivity contribution in [2.24, 2.45) is 0 Å². The lowest BCUT2D eigenvalue weighted by Gasteiger charge is -2.34. The quantitative estimate of drug-likeness (QED) is 0.263. The van der Waals surface area contributed by atoms with Crippen molar-refractivity contribution in [2.45, 2.75) is 26.2 Å². The molecule has 5 aromatic rings. The molecule has 0 spiro atoms. The Morgan fingerprint density at radius 1 is 0.714 bits per heavy atom. The summed E-state index contributed by atoms with van der Waals surface area (Å²) in [6.45, 7) is 10.4. The van der Waals surface area contributed by atoms with Crippen LogP contribution in [0.4, 0.5) is 0 Å². The Kier molecular flexibility index (Phi) is 6.01. The highest BCUT2D eigenvalue weighted by Crippen LogP contribution is 2.57. The standard InChI is InChI=1S/C32H24O.C2H6/c1-3-13-26-24(4-2)30-27(20-21-29-31(30)25-18-11-12-19-28(25)33-29)32(26,22-14-7-5-8-15-22)23-16-9-6-10-17-23;1-2/h3-21H,2H2,1H3;1-2H3/b13-3-;. The third-order valence-electron chi connectivity index (χ3n) is 6.86. The van der Waals surface area contributed by atoms with Gasteiger partial charge in [-0.3, -0.25) is 0 Å². The average molecular weight is 455 g/mol. The first-order valence-electron chi connectivity index (χ1n) is 12.4. The van der Waals surface area contributed by atoms with E-state index in [1.54, 1.807) is 0 Å². The molecule has 1 nitrogen and oxygen atoms in total. The molecule has 0 atom stereocenters. The van der Waals surface area contributed by atoms with Crippen molar-refractivity contribution in [3.63, 3.8) is 0 Å². The van der Waals surface area contributed by atoms with E-state index in [0.717, 1.165) is 27.5 Å². The van der Waals surface area contributed by atoms with Gasteiger partial charge in [-0.2, -0.15) is 0 Å². The number of rotatable bonds is 4. The van der Waals surface area contributed by atoms with Gasteiger partial charge in [-0.25, -0.2) is 0 Å². The van der Waals surface area contributed by atoms with Crippen LogP contribution in [0.1, 0.15) is 43.0 Å². The lowest BCUT2D eigenvalue weighted by atomic mass is 9.66. The van der Waals surface area contributed by atoms with Gasteiger partial charge in [0.15, 0.2) is 0 Å². The molecule has 0 bridgehead atoms. The Morgan fingerprint density at radius 3 is 1.91 bits per heavy atom. The third-order valence-corrected chi connectivity index (χ3v) is 6.86. The van der Waals surface area contributed by atoms with Gasteiger partial charge in [0, 0.05) is 10.8 Å². The lowest BCUT2D eigenvalue weighted by Crippen LogP contribution is -2.29. The molecule has 6 rings (SSSR count). The fraction of sp³-hybridized carbons (Fsp3) is 0.118. The topological polar surface area (TPSA) is 13.1 Å². The van der Waals surface area contributed by atoms with Gasteiger partial charge < -0.3 is 4.42 Å². The predicted molar refractivity (Wildman–Crippen MR) is 150 cm³/mol. The third kappa shape index (κ3) is 3.23. The van der Waals surface area contributed by atoms with Gasteiger partial charge in [-0.15, -0.1) is 0 Å². The van der Waals surface area contributed by atoms with E-state index >= 15 is 0 Å². The van der Waals surface area contributed by atoms with E-state index in [0.29, 0.717) is 0 Å². The van der Waals surface area contributed by atoms with E-state index in [4.69, 9.17) is 4.42 Å². The molecule has 1 heterocycles. The predicted octanol–water partition coefficient (Wildman–Crippen LogP) is 9.48. The summed E-state index contributed by atoms with van der Waals surface area (Å²) in [5, 5.41) is 2.30. The van der Waals surface area contributed by atoms with E-state index < -0.39 is 5.41 Å². The van der Waals surface area contributed by atoms with Gasteiger partial charge in [0.25, 0.3) is 0 Å². The zero-order chi connectivity index (χ0) is 24.4. The van der Waals surface area contributed by atoms with Gasteiger partial charge >= 0.3 is 0 Å². The number of fused-ring (bicyclic) bond motifs is 5. The zero-order valence-electron chi connectivity index (χ0n) is 20.6. The molecule has 0 saturated carbocycles. The summed E-state index contributed by atoms with van der Waals surface area (Å²) in [4.78, 5) is 0. The second-order valence-electron chi connectivity index (χ2n) is 8.47. The molecule has 0 fully saturated rings. The van der Waals surface area contributed by atoms with Crippen molar-refractivity contribution in [3.8, 4) is 0 Å². The summed E-state index contributed by atoms with van der Waals surface area (Å²) in [7, 11) is 0. The van der Waals surface area contributed by atoms with Crippen LogP contribution < -0.4 is 0 Å². The maximum Gasteiger partial charge on any atom is 0.136 e. The molecule has 1 aliphatic carbocycles. The molecule has 4 aromatic carbocycles. The SMILES string of the molecule is C=CC1=C(/C=C\C)C(c2ccccc2)(c2ccccc2)c2ccc3oc4ccccc4c3c21.CC. The molecule has 1 heteroatoms. The molecule has 172 valence electrons. The van der Waals surface area contributed by atoms with Crippen LogP contribution in [0.3, 0.4) is 0 Å². The normalized spacial score (nSPS) is 14.3. The van der Waals surface area contributed by atoms with Gasteiger partial charge in [-0.1, -0.05) is 124 Å². The summed E-state index contributed by atoms with van der Waals surface area (Å²) in [6.07, 6.45) is 6.41. The molecular formula is C34H30O. The van der Waals surface area contributed by atoms with Crippen molar-refractivity contribution < 1.29 is 4.42 Å². The Bertz CT molecular complexity index is 1520. The van der Waals surface area contributed by atoms with Gasteiger partial charge in [-0.05, 0) is 52.5 Å². The Hall–Kier alpha value is -4.10. The molecule has 0 amide bonds. The number of benzene rings is 4. The average Bonchev–Trinajstić information content (AvgIpc) is 3.44. The number of hydrogen-bond acceptors (Lipinski definition) is 1. The Morgan fingerprint density at radius 2 is 1.31 bits per heavy atom. The monoisotopic (exact) mass is 454 g/mol. The fourth-order valence-electron chi connectivity index (χ4n) is 5.65. The number of furan rings is 1. The summed E-state index contributed by atoms with van der Waals surface area (Å²) in [5.74, 6) is 0. The molecule has 0 radical (unpaired) electrons. The van der Waals surface area contributed by atoms with E-state index in [1.807, 2.05) is 32.1 Å². The molecular weight excluding hydrogens is 424 g/mol. The second-order valence-corrected chi connectivity index (χ2v) is 8.47. The first-order valence-corrected chi connectivity index (χ1v) is 12.4. The summed E-state index contributed by atoms with van der Waals surface area (Å²) in [5.41, 5.74) is 8.75. The van der Waals surface area contributed by atoms with E-state index in [-0.39, 0.29) is 0 Å². The fourth-order valence-corrected chi connectivity index (χ4v) is 5.65. The van der Waals surface area contributed by atoms with Crippen LogP contribution in [-0.4, -0.2) is 0 Å². The van der Waals surface area contributed by atoms with Crippen molar-refractivity contribution >= 4 is 27.5 Å². The molecule has 0 N–H and O–H groups in total. The Balaban J connectivity index is 0.00000124. The number of hydrogen-bond donors (Lipinski definition) is 0. The largest absolute Gasteiger partial charge is 0.456 e. The first kappa shape index (κ1) is 22.7. The maximum atomic E-state index is 6.27. The van der Waals surface area contributed by atoms with Crippen LogP contribution in [0.5, 0.6) is 0 Å². The molecule has 35 heavy (non-hydrogen) atoms. The molecule has 1 aromatic heterocycles. The van der Waals surface area contributed by atoms with E-state index in [9.17, 15) is 0 Å². The van der Waals surface area contributed by atoms with Crippen molar-refractivity contribution in [3.05, 3.63) is 150 Å². The number of allylic oxidation sites excluding steroid dienone is 5. The highest BCUT2D eigenvalue weighted by atomic mass is 16.3. The molecule has 0 aliphatic heterocycles. The van der Waals surface area contributed by atoms with Crippen LogP contribution in [0.15, 0.2) is 132 Å². The minimum atomic E-state index is -0.444. The molecule has 0 saturated heterocycles. The highest BCUT2D eigenvalue weighted by molar-refractivity contribution is 6.14. The van der Waals surface area contributed by atoms with Gasteiger partial charge in [0.1, 0.15) is 11.2 Å². The van der Waals surface area contributed by atoms with Gasteiger partial charge in [0.05, 0.1) is 5.41 Å². The molecule has 0 unspecified atom stereocenters. The first-order chi connectivity index (χ1) is 17.3. The summed E-state index contributed by atoms with van der Waals surface area (Å²) < 4.78 is 6.27. The lowest BCUT2D eigenvalue weighted by molar-refractivity contribution is 0.668. The maximum absolute atomic E-state index is 6.27. The van der Waals surface area contributed by atoms with Gasteiger partial charge in [0.2, 0.25) is 0 Å². The van der Waals surface area contributed by atoms with Crippen LogP contribution in [-0.2, 0) is 5.41 Å². The van der Waals surface area contributed by atoms with E-state index in [2.05, 4.69) is 111 Å². The van der Waals surface area contributed by atoms with Crippen LogP contribution >= 0.6 is 0 Å². The minimum absolute atomic E-state index is 0.444. The number of para-hydroxylation sites is 1. The van der Waals surface area contributed by atoms with Crippen molar-refractivity contribution in [2.75, 3.05) is 0 Å². The summed E-state index contributed by atoms with van der Waals surface area (Å²) in [6, 6.07) is 34.3. The van der Waals surface area contributed by atoms with Crippen molar-refractivity contribution in [1.29, 1.82) is 0 Å². The van der Waals surface area contributed by atoms with Crippen LogP contribution in [0.2, 0.25) is 0 Å². The highest BCUT2D eigenvalue weighted by Gasteiger charge is 2.47. The summed E-state index contributed by atoms with van der Waals surface area (Å²) >= 11 is 0. The second kappa shape index (κ2) is 9.27. The van der Waals surface area contributed by atoms with Crippen LogP contribution in [0, 0.1) is 0 Å². The smallest absolute Gasteiger partial charge is 0.136 e. The Labute approximate surface area is 207 Å². The van der Waals surface area contributed by atoms with Crippen LogP contribution in [0.25, 0.3) is 27.5 Å². The molecule has 1 aliphatic rings. The van der Waals surface area contributed by atoms with Crippen molar-refractivity contribution in [1.82, 2.24) is 0 Å². The minimum Gasteiger partial charge on any atom is -0.456 e.